The Hall–Kier alpha value is -1.61. The molecule has 0 amide bonds. The summed E-state index contributed by atoms with van der Waals surface area (Å²) in [6.07, 6.45) is 0. The number of methoxy groups -OCH3 is 1. The van der Waals surface area contributed by atoms with Crippen molar-refractivity contribution < 1.29 is 8.95 Å². The van der Waals surface area contributed by atoms with E-state index in [4.69, 9.17) is 4.74 Å². The lowest BCUT2D eigenvalue weighted by Gasteiger charge is -2.07. The Morgan fingerprint density at radius 1 is 1.00 bits per heavy atom. The first-order valence-electron chi connectivity index (χ1n) is 5.36. The summed E-state index contributed by atoms with van der Waals surface area (Å²) in [5, 5.41) is 0. The van der Waals surface area contributed by atoms with Gasteiger partial charge in [-0.3, -0.25) is 4.21 Å². The molecule has 0 aliphatic heterocycles. The third-order valence-electron chi connectivity index (χ3n) is 2.45. The molecule has 2 aromatic carbocycles. The molecule has 0 bridgehead atoms. The topological polar surface area (TPSA) is 26.3 Å². The number of rotatable bonds is 4. The Labute approximate surface area is 104 Å². The molecule has 2 rings (SSSR count). The quantitative estimate of drug-likeness (QED) is 0.829. The fraction of sp³-hybridized carbons (Fsp3) is 0.143. The van der Waals surface area contributed by atoms with E-state index in [2.05, 4.69) is 0 Å². The number of ether oxygens (including phenoxy) is 1. The van der Waals surface area contributed by atoms with E-state index in [1.165, 1.54) is 0 Å². The van der Waals surface area contributed by atoms with E-state index in [1.807, 2.05) is 54.6 Å². The Bertz CT molecular complexity index is 509. The maximum atomic E-state index is 12.2. The van der Waals surface area contributed by atoms with Crippen molar-refractivity contribution in [3.05, 3.63) is 60.2 Å². The van der Waals surface area contributed by atoms with E-state index in [9.17, 15) is 4.21 Å². The van der Waals surface area contributed by atoms with Crippen LogP contribution in [0.2, 0.25) is 0 Å². The highest BCUT2D eigenvalue weighted by molar-refractivity contribution is 7.84. The van der Waals surface area contributed by atoms with Crippen LogP contribution in [0.5, 0.6) is 5.75 Å². The monoisotopic (exact) mass is 246 g/mol. The van der Waals surface area contributed by atoms with Gasteiger partial charge in [0, 0.05) is 0 Å². The first-order valence-corrected chi connectivity index (χ1v) is 6.68. The van der Waals surface area contributed by atoms with Gasteiger partial charge in [-0.1, -0.05) is 42.5 Å². The molecule has 3 heteroatoms. The molecule has 0 spiro atoms. The highest BCUT2D eigenvalue weighted by Gasteiger charge is 2.10. The lowest BCUT2D eigenvalue weighted by Crippen LogP contribution is -1.99. The minimum atomic E-state index is -1.07. The summed E-state index contributed by atoms with van der Waals surface area (Å²) in [5.74, 6) is 1.20. The van der Waals surface area contributed by atoms with Gasteiger partial charge in [-0.25, -0.2) is 0 Å². The largest absolute Gasteiger partial charge is 0.495 e. The molecule has 2 aromatic rings. The molecule has 1 atom stereocenters. The fourth-order valence-electron chi connectivity index (χ4n) is 1.61. The standard InChI is InChI=1S/C14H14O2S/c1-16-13-9-5-6-10-14(13)17(15)11-12-7-3-2-4-8-12/h2-10H,11H2,1H3/t17-/m1/s1. The van der Waals surface area contributed by atoms with Gasteiger partial charge < -0.3 is 4.74 Å². The molecule has 0 fully saturated rings. The van der Waals surface area contributed by atoms with Gasteiger partial charge in [0.1, 0.15) is 5.75 Å². The van der Waals surface area contributed by atoms with Crippen molar-refractivity contribution in [1.29, 1.82) is 0 Å². The highest BCUT2D eigenvalue weighted by atomic mass is 32.2. The second kappa shape index (κ2) is 5.64. The lowest BCUT2D eigenvalue weighted by molar-refractivity contribution is 0.404. The maximum absolute atomic E-state index is 12.2. The maximum Gasteiger partial charge on any atom is 0.134 e. The van der Waals surface area contributed by atoms with Crippen molar-refractivity contribution in [2.45, 2.75) is 10.6 Å². The average Bonchev–Trinajstić information content (AvgIpc) is 2.40. The van der Waals surface area contributed by atoms with Crippen molar-refractivity contribution in [3.63, 3.8) is 0 Å². The summed E-state index contributed by atoms with van der Waals surface area (Å²) < 4.78 is 17.4. The van der Waals surface area contributed by atoms with Crippen LogP contribution in [0, 0.1) is 0 Å². The summed E-state index contributed by atoms with van der Waals surface area (Å²) in [7, 11) is 0.525. The van der Waals surface area contributed by atoms with Crippen LogP contribution in [0.15, 0.2) is 59.5 Å². The SMILES string of the molecule is COc1ccccc1[S@](=O)Cc1ccccc1. The van der Waals surface area contributed by atoms with Crippen LogP contribution in [0.25, 0.3) is 0 Å². The summed E-state index contributed by atoms with van der Waals surface area (Å²) in [6, 6.07) is 17.2. The number of hydrogen-bond acceptors (Lipinski definition) is 2. The van der Waals surface area contributed by atoms with Crippen molar-refractivity contribution in [1.82, 2.24) is 0 Å². The van der Waals surface area contributed by atoms with E-state index in [-0.39, 0.29) is 0 Å². The van der Waals surface area contributed by atoms with Gasteiger partial charge in [-0.2, -0.15) is 0 Å². The van der Waals surface area contributed by atoms with Gasteiger partial charge in [0.15, 0.2) is 0 Å². The second-order valence-corrected chi connectivity index (χ2v) is 5.05. The molecular formula is C14H14O2S. The zero-order chi connectivity index (χ0) is 12.1. The van der Waals surface area contributed by atoms with Crippen molar-refractivity contribution in [2.24, 2.45) is 0 Å². The van der Waals surface area contributed by atoms with Crippen molar-refractivity contribution >= 4 is 10.8 Å². The molecule has 0 aliphatic carbocycles. The lowest BCUT2D eigenvalue weighted by atomic mass is 10.2. The number of para-hydroxylation sites is 1. The van der Waals surface area contributed by atoms with E-state index in [0.717, 1.165) is 10.5 Å². The third kappa shape index (κ3) is 2.94. The summed E-state index contributed by atoms with van der Waals surface area (Å²) >= 11 is 0. The van der Waals surface area contributed by atoms with Gasteiger partial charge in [0.05, 0.1) is 28.6 Å². The van der Waals surface area contributed by atoms with Crippen molar-refractivity contribution in [3.8, 4) is 5.75 Å². The minimum absolute atomic E-state index is 0.515. The molecule has 0 saturated carbocycles. The summed E-state index contributed by atoms with van der Waals surface area (Å²) in [6.45, 7) is 0. The molecule has 2 nitrogen and oxygen atoms in total. The van der Waals surface area contributed by atoms with Crippen LogP contribution in [0.4, 0.5) is 0 Å². The van der Waals surface area contributed by atoms with Gasteiger partial charge in [0.25, 0.3) is 0 Å². The Morgan fingerprint density at radius 3 is 2.35 bits per heavy atom. The van der Waals surface area contributed by atoms with E-state index in [1.54, 1.807) is 7.11 Å². The predicted molar refractivity (Wildman–Crippen MR) is 69.5 cm³/mol. The van der Waals surface area contributed by atoms with E-state index >= 15 is 0 Å². The molecule has 0 N–H and O–H groups in total. The molecule has 0 heterocycles. The highest BCUT2D eigenvalue weighted by Crippen LogP contribution is 2.23. The normalized spacial score (nSPS) is 12.1. The molecule has 0 radical (unpaired) electrons. The fourth-order valence-corrected chi connectivity index (χ4v) is 2.87. The Kier molecular flexibility index (Phi) is 3.94. The van der Waals surface area contributed by atoms with Crippen LogP contribution >= 0.6 is 0 Å². The number of hydrogen-bond donors (Lipinski definition) is 0. The molecule has 0 saturated heterocycles. The summed E-state index contributed by atoms with van der Waals surface area (Å²) in [5.41, 5.74) is 1.07. The molecule has 0 aromatic heterocycles. The zero-order valence-electron chi connectivity index (χ0n) is 9.63. The number of benzene rings is 2. The summed E-state index contributed by atoms with van der Waals surface area (Å²) in [4.78, 5) is 0.749. The minimum Gasteiger partial charge on any atom is -0.495 e. The molecule has 0 unspecified atom stereocenters. The van der Waals surface area contributed by atoms with Gasteiger partial charge in [-0.05, 0) is 17.7 Å². The van der Waals surface area contributed by atoms with Crippen LogP contribution in [-0.2, 0) is 16.6 Å². The molecule has 88 valence electrons. The van der Waals surface area contributed by atoms with Crippen molar-refractivity contribution in [2.75, 3.05) is 7.11 Å². The van der Waals surface area contributed by atoms with Gasteiger partial charge in [0.2, 0.25) is 0 Å². The Morgan fingerprint density at radius 2 is 1.65 bits per heavy atom. The predicted octanol–water partition coefficient (Wildman–Crippen LogP) is 3.00. The molecular weight excluding hydrogens is 232 g/mol. The van der Waals surface area contributed by atoms with Crippen LogP contribution < -0.4 is 4.74 Å². The first kappa shape index (κ1) is 11.9. The van der Waals surface area contributed by atoms with Crippen LogP contribution in [0.3, 0.4) is 0 Å². The van der Waals surface area contributed by atoms with E-state index < -0.39 is 10.8 Å². The first-order chi connectivity index (χ1) is 8.31. The third-order valence-corrected chi connectivity index (χ3v) is 3.88. The second-order valence-electron chi connectivity index (χ2n) is 3.63. The zero-order valence-corrected chi connectivity index (χ0v) is 10.4. The van der Waals surface area contributed by atoms with Crippen LogP contribution in [-0.4, -0.2) is 11.3 Å². The smallest absolute Gasteiger partial charge is 0.134 e. The van der Waals surface area contributed by atoms with E-state index in [0.29, 0.717) is 11.5 Å². The molecule has 0 aliphatic rings. The van der Waals surface area contributed by atoms with Gasteiger partial charge >= 0.3 is 0 Å². The average molecular weight is 246 g/mol. The van der Waals surface area contributed by atoms with Gasteiger partial charge in [-0.15, -0.1) is 0 Å². The molecule has 17 heavy (non-hydrogen) atoms. The van der Waals surface area contributed by atoms with Crippen LogP contribution in [0.1, 0.15) is 5.56 Å². The Balaban J connectivity index is 2.20.